The van der Waals surface area contributed by atoms with Crippen molar-refractivity contribution in [1.82, 2.24) is 15.2 Å². The summed E-state index contributed by atoms with van der Waals surface area (Å²) in [6, 6.07) is 10.1. The van der Waals surface area contributed by atoms with Crippen LogP contribution in [0.2, 0.25) is 0 Å². The van der Waals surface area contributed by atoms with Crippen LogP contribution in [0, 0.1) is 0 Å². The Morgan fingerprint density at radius 1 is 1.15 bits per heavy atom. The first-order valence-electron chi connectivity index (χ1n) is 8.59. The number of hydrogen-bond donors (Lipinski definition) is 2. The molecule has 26 heavy (non-hydrogen) atoms. The fourth-order valence-corrected chi connectivity index (χ4v) is 4.50. The van der Waals surface area contributed by atoms with Crippen LogP contribution in [0.5, 0.6) is 0 Å². The predicted octanol–water partition coefficient (Wildman–Crippen LogP) is 1.88. The Morgan fingerprint density at radius 3 is 2.50 bits per heavy atom. The zero-order valence-corrected chi connectivity index (χ0v) is 15.3. The molecule has 0 radical (unpaired) electrons. The molecular weight excluding hydrogens is 350 g/mol. The number of fused-ring (bicyclic) bond motifs is 1. The lowest BCUT2D eigenvalue weighted by Gasteiger charge is -2.27. The number of nitrogens with one attached hydrogen (secondary N) is 1. The molecule has 0 saturated carbocycles. The Hall–Kier alpha value is -2.45. The van der Waals surface area contributed by atoms with Crippen LogP contribution in [0.15, 0.2) is 36.5 Å². The molecule has 1 atom stereocenters. The van der Waals surface area contributed by atoms with E-state index in [-0.39, 0.29) is 17.5 Å². The second kappa shape index (κ2) is 6.37. The van der Waals surface area contributed by atoms with Gasteiger partial charge in [0, 0.05) is 25.3 Å². The number of hydrogen-bond acceptors (Lipinski definition) is 6. The largest absolute Gasteiger partial charge is 0.353 e. The molecule has 0 aliphatic carbocycles. The van der Waals surface area contributed by atoms with E-state index in [1.807, 2.05) is 42.2 Å². The van der Waals surface area contributed by atoms with Crippen molar-refractivity contribution in [2.75, 3.05) is 29.5 Å². The fourth-order valence-electron chi connectivity index (χ4n) is 3.29. The summed E-state index contributed by atoms with van der Waals surface area (Å²) in [6.45, 7) is 2.85. The van der Waals surface area contributed by atoms with Gasteiger partial charge in [0.25, 0.3) is 0 Å². The van der Waals surface area contributed by atoms with Gasteiger partial charge < -0.3 is 10.6 Å². The first kappa shape index (κ1) is 17.0. The van der Waals surface area contributed by atoms with Gasteiger partial charge >= 0.3 is 0 Å². The molecule has 136 valence electrons. The van der Waals surface area contributed by atoms with E-state index in [0.29, 0.717) is 18.7 Å². The predicted molar refractivity (Wildman–Crippen MR) is 103 cm³/mol. The Balaban J connectivity index is 1.77. The average molecular weight is 371 g/mol. The van der Waals surface area contributed by atoms with Crippen molar-refractivity contribution < 1.29 is 8.42 Å². The lowest BCUT2D eigenvalue weighted by molar-refractivity contribution is 0.586. The maximum Gasteiger partial charge on any atom is 0.160 e. The highest BCUT2D eigenvalue weighted by atomic mass is 32.2. The second-order valence-corrected chi connectivity index (χ2v) is 8.98. The molecule has 7 nitrogen and oxygen atoms in total. The minimum atomic E-state index is -2.94. The Morgan fingerprint density at radius 2 is 1.85 bits per heavy atom. The third kappa shape index (κ3) is 3.06. The van der Waals surface area contributed by atoms with E-state index in [1.165, 1.54) is 0 Å². The first-order chi connectivity index (χ1) is 12.4. The van der Waals surface area contributed by atoms with Gasteiger partial charge in [0.05, 0.1) is 16.9 Å². The van der Waals surface area contributed by atoms with Crippen LogP contribution >= 0.6 is 0 Å². The van der Waals surface area contributed by atoms with E-state index in [4.69, 9.17) is 5.73 Å². The fraction of sp³-hybridized carbons (Fsp3) is 0.333. The van der Waals surface area contributed by atoms with Gasteiger partial charge in [0.2, 0.25) is 0 Å². The minimum absolute atomic E-state index is 0.0127. The van der Waals surface area contributed by atoms with Gasteiger partial charge in [-0.05, 0) is 29.7 Å². The Labute approximate surface area is 152 Å². The van der Waals surface area contributed by atoms with Crippen molar-refractivity contribution in [3.05, 3.63) is 42.1 Å². The molecule has 3 aromatic rings. The lowest BCUT2D eigenvalue weighted by Crippen LogP contribution is -2.40. The maximum atomic E-state index is 11.7. The molecule has 1 aliphatic heterocycles. The summed E-state index contributed by atoms with van der Waals surface area (Å²) in [5, 5.41) is 8.31. The molecular formula is C18H21N5O2S. The van der Waals surface area contributed by atoms with Crippen LogP contribution in [0.1, 0.15) is 18.5 Å². The number of sulfone groups is 1. The number of H-pyrrole nitrogens is 1. The molecule has 1 unspecified atom stereocenters. The van der Waals surface area contributed by atoms with Crippen molar-refractivity contribution in [3.8, 4) is 11.1 Å². The van der Waals surface area contributed by atoms with Gasteiger partial charge in [-0.15, -0.1) is 0 Å². The highest BCUT2D eigenvalue weighted by Crippen LogP contribution is 2.34. The highest BCUT2D eigenvalue weighted by Gasteiger charge is 2.25. The van der Waals surface area contributed by atoms with Crippen LogP contribution in [-0.2, 0) is 9.84 Å². The summed E-state index contributed by atoms with van der Waals surface area (Å²) >= 11 is 0. The van der Waals surface area contributed by atoms with Gasteiger partial charge in [-0.25, -0.2) is 13.4 Å². The molecule has 1 saturated heterocycles. The topological polar surface area (TPSA) is 105 Å². The Kier molecular flexibility index (Phi) is 4.16. The average Bonchev–Trinajstić information content (AvgIpc) is 3.06. The highest BCUT2D eigenvalue weighted by molar-refractivity contribution is 7.91. The number of anilines is 1. The standard InChI is InChI=1S/C18H21N5O2S/c1-12(19)13-2-4-14(5-3-13)15-6-7-20-17-16(15)18(22-21-17)23-8-10-26(24,25)11-9-23/h2-7,12H,8-11,19H2,1H3,(H,20,21,22). The van der Waals surface area contributed by atoms with E-state index in [0.717, 1.165) is 27.9 Å². The minimum Gasteiger partial charge on any atom is -0.353 e. The van der Waals surface area contributed by atoms with E-state index in [9.17, 15) is 8.42 Å². The number of aromatic amines is 1. The zero-order chi connectivity index (χ0) is 18.3. The molecule has 3 N–H and O–H groups in total. The van der Waals surface area contributed by atoms with Crippen molar-refractivity contribution in [1.29, 1.82) is 0 Å². The van der Waals surface area contributed by atoms with E-state index in [2.05, 4.69) is 15.2 Å². The molecule has 1 aromatic carbocycles. The third-order valence-electron chi connectivity index (χ3n) is 4.83. The summed E-state index contributed by atoms with van der Waals surface area (Å²) in [5.41, 5.74) is 9.78. The van der Waals surface area contributed by atoms with E-state index in [1.54, 1.807) is 6.20 Å². The van der Waals surface area contributed by atoms with E-state index >= 15 is 0 Å². The molecule has 1 fully saturated rings. The van der Waals surface area contributed by atoms with Crippen molar-refractivity contribution in [2.24, 2.45) is 5.73 Å². The molecule has 4 rings (SSSR count). The number of aromatic nitrogens is 3. The first-order valence-corrected chi connectivity index (χ1v) is 10.4. The quantitative estimate of drug-likeness (QED) is 0.728. The molecule has 3 heterocycles. The SMILES string of the molecule is CC(N)c1ccc(-c2ccnc3[nH]nc(N4CCS(=O)(=O)CC4)c23)cc1. The number of nitrogens with zero attached hydrogens (tertiary/aromatic N) is 3. The number of pyridine rings is 1. The van der Waals surface area contributed by atoms with Gasteiger partial charge in [-0.2, -0.15) is 5.10 Å². The van der Waals surface area contributed by atoms with Crippen molar-refractivity contribution in [2.45, 2.75) is 13.0 Å². The molecule has 0 spiro atoms. The Bertz CT molecular complexity index is 1030. The molecule has 2 aromatic heterocycles. The van der Waals surface area contributed by atoms with Crippen LogP contribution in [0.25, 0.3) is 22.2 Å². The molecule has 8 heteroatoms. The van der Waals surface area contributed by atoms with Gasteiger partial charge in [-0.1, -0.05) is 24.3 Å². The molecule has 0 amide bonds. The number of rotatable bonds is 3. The molecule has 1 aliphatic rings. The maximum absolute atomic E-state index is 11.7. The van der Waals surface area contributed by atoms with Crippen molar-refractivity contribution >= 4 is 26.7 Å². The molecule has 0 bridgehead atoms. The summed E-state index contributed by atoms with van der Waals surface area (Å²) in [5.74, 6) is 1.06. The zero-order valence-electron chi connectivity index (χ0n) is 14.5. The number of nitrogens with two attached hydrogens (primary N) is 1. The van der Waals surface area contributed by atoms with Crippen LogP contribution in [0.3, 0.4) is 0 Å². The summed E-state index contributed by atoms with van der Waals surface area (Å²) < 4.78 is 23.5. The third-order valence-corrected chi connectivity index (χ3v) is 6.44. The number of benzene rings is 1. The monoisotopic (exact) mass is 371 g/mol. The van der Waals surface area contributed by atoms with Crippen LogP contribution in [-0.4, -0.2) is 48.2 Å². The van der Waals surface area contributed by atoms with Crippen molar-refractivity contribution in [3.63, 3.8) is 0 Å². The lowest BCUT2D eigenvalue weighted by atomic mass is 10.00. The summed E-state index contributed by atoms with van der Waals surface area (Å²) in [6.07, 6.45) is 1.75. The van der Waals surface area contributed by atoms with Gasteiger partial charge in [-0.3, -0.25) is 5.10 Å². The smallest absolute Gasteiger partial charge is 0.160 e. The summed E-state index contributed by atoms with van der Waals surface area (Å²) in [4.78, 5) is 6.39. The van der Waals surface area contributed by atoms with Gasteiger partial charge in [0.1, 0.15) is 0 Å². The van der Waals surface area contributed by atoms with Crippen LogP contribution in [0.4, 0.5) is 5.82 Å². The second-order valence-electron chi connectivity index (χ2n) is 6.68. The van der Waals surface area contributed by atoms with E-state index < -0.39 is 9.84 Å². The normalized spacial score (nSPS) is 18.2. The van der Waals surface area contributed by atoms with Crippen LogP contribution < -0.4 is 10.6 Å². The summed E-state index contributed by atoms with van der Waals surface area (Å²) in [7, 11) is -2.94. The van der Waals surface area contributed by atoms with Gasteiger partial charge in [0.15, 0.2) is 21.3 Å².